The minimum atomic E-state index is -0.858. The van der Waals surface area contributed by atoms with E-state index in [0.29, 0.717) is 34.5 Å². The third kappa shape index (κ3) is 3.77. The van der Waals surface area contributed by atoms with Crippen molar-refractivity contribution in [2.75, 3.05) is 13.2 Å². The molecule has 5 nitrogen and oxygen atoms in total. The monoisotopic (exact) mass is 396 g/mol. The normalized spacial score (nSPS) is 20.5. The molecular formula is C22H21ClN2O3. The molecule has 1 atom stereocenters. The van der Waals surface area contributed by atoms with Gasteiger partial charge in [-0.05, 0) is 68.0 Å². The van der Waals surface area contributed by atoms with E-state index in [-0.39, 0.29) is 11.6 Å². The molecule has 1 aliphatic heterocycles. The quantitative estimate of drug-likeness (QED) is 0.728. The van der Waals surface area contributed by atoms with Crippen LogP contribution in [-0.4, -0.2) is 34.7 Å². The molecule has 0 N–H and O–H groups in total. The van der Waals surface area contributed by atoms with Crippen LogP contribution in [-0.2, 0) is 14.3 Å². The van der Waals surface area contributed by atoms with Gasteiger partial charge in [0.1, 0.15) is 5.92 Å². The predicted octanol–water partition coefficient (Wildman–Crippen LogP) is 4.08. The minimum Gasteiger partial charge on any atom is -0.381 e. The van der Waals surface area contributed by atoms with E-state index in [2.05, 4.69) is 9.97 Å². The molecule has 2 aliphatic rings. The first-order valence-electron chi connectivity index (χ1n) is 9.49. The minimum absolute atomic E-state index is 0.125. The number of benzene rings is 1. The number of ether oxygens (including phenoxy) is 1. The molecule has 1 fully saturated rings. The van der Waals surface area contributed by atoms with Crippen molar-refractivity contribution < 1.29 is 14.3 Å². The van der Waals surface area contributed by atoms with Crippen molar-refractivity contribution in [3.8, 4) is 11.4 Å². The molecule has 0 radical (unpaired) electrons. The molecule has 2 aromatic rings. The Kier molecular flexibility index (Phi) is 5.38. The SMILES string of the molecule is Cc1cnc(-c2ccc(Cl)cc2)nc1C1C(=O)C=C(CC2CCOCC2)C1=O. The standard InChI is InChI=1S/C22H21ClN2O3/c1-13-12-24-22(15-2-4-17(23)5-3-15)25-20(13)19-18(26)11-16(21(19)27)10-14-6-8-28-9-7-14/h2-5,11-12,14,19H,6-10H2,1H3. The van der Waals surface area contributed by atoms with Gasteiger partial charge in [-0.25, -0.2) is 9.97 Å². The third-order valence-electron chi connectivity index (χ3n) is 5.42. The molecular weight excluding hydrogens is 376 g/mol. The molecule has 1 saturated heterocycles. The van der Waals surface area contributed by atoms with Gasteiger partial charge in [0, 0.05) is 35.6 Å². The Labute approximate surface area is 168 Å². The molecule has 6 heteroatoms. The zero-order valence-electron chi connectivity index (χ0n) is 15.7. The average molecular weight is 397 g/mol. The lowest BCUT2D eigenvalue weighted by Gasteiger charge is -2.22. The van der Waals surface area contributed by atoms with E-state index in [4.69, 9.17) is 16.3 Å². The summed E-state index contributed by atoms with van der Waals surface area (Å²) in [7, 11) is 0. The van der Waals surface area contributed by atoms with Crippen LogP contribution < -0.4 is 0 Å². The molecule has 1 unspecified atom stereocenters. The van der Waals surface area contributed by atoms with Crippen molar-refractivity contribution in [2.45, 2.75) is 32.1 Å². The van der Waals surface area contributed by atoms with Crippen molar-refractivity contribution in [1.82, 2.24) is 9.97 Å². The highest BCUT2D eigenvalue weighted by Gasteiger charge is 2.38. The molecule has 2 heterocycles. The molecule has 1 aliphatic carbocycles. The van der Waals surface area contributed by atoms with Crippen LogP contribution in [0.2, 0.25) is 5.02 Å². The molecule has 0 spiro atoms. The lowest BCUT2D eigenvalue weighted by Crippen LogP contribution is -2.20. The van der Waals surface area contributed by atoms with E-state index in [9.17, 15) is 9.59 Å². The fraction of sp³-hybridized carbons (Fsp3) is 0.364. The third-order valence-corrected chi connectivity index (χ3v) is 5.67. The summed E-state index contributed by atoms with van der Waals surface area (Å²) in [6, 6.07) is 7.17. The summed E-state index contributed by atoms with van der Waals surface area (Å²) in [5.41, 5.74) is 2.64. The maximum absolute atomic E-state index is 13.0. The van der Waals surface area contributed by atoms with Crippen LogP contribution in [0.5, 0.6) is 0 Å². The van der Waals surface area contributed by atoms with Crippen molar-refractivity contribution in [3.63, 3.8) is 0 Å². The summed E-state index contributed by atoms with van der Waals surface area (Å²) in [6.07, 6.45) is 5.68. The van der Waals surface area contributed by atoms with Gasteiger partial charge in [-0.15, -0.1) is 0 Å². The van der Waals surface area contributed by atoms with Gasteiger partial charge in [0.2, 0.25) is 0 Å². The molecule has 0 amide bonds. The number of aromatic nitrogens is 2. The Hall–Kier alpha value is -2.37. The van der Waals surface area contributed by atoms with Gasteiger partial charge in [-0.1, -0.05) is 11.6 Å². The summed E-state index contributed by atoms with van der Waals surface area (Å²) in [5.74, 6) is -0.289. The van der Waals surface area contributed by atoms with Crippen LogP contribution in [0.1, 0.15) is 36.4 Å². The highest BCUT2D eigenvalue weighted by molar-refractivity contribution is 6.30. The average Bonchev–Trinajstić information content (AvgIpc) is 2.97. The number of carbonyl (C=O) groups excluding carboxylic acids is 2. The van der Waals surface area contributed by atoms with Gasteiger partial charge in [-0.2, -0.15) is 0 Å². The summed E-state index contributed by atoms with van der Waals surface area (Å²) in [5, 5.41) is 0.624. The summed E-state index contributed by atoms with van der Waals surface area (Å²) in [4.78, 5) is 34.7. The van der Waals surface area contributed by atoms with Crippen LogP contribution >= 0.6 is 11.6 Å². The number of hydrogen-bond donors (Lipinski definition) is 0. The first kappa shape index (κ1) is 19.0. The fourth-order valence-electron chi connectivity index (χ4n) is 3.81. The second-order valence-electron chi connectivity index (χ2n) is 7.40. The number of rotatable bonds is 4. The van der Waals surface area contributed by atoms with Gasteiger partial charge in [0.15, 0.2) is 17.4 Å². The van der Waals surface area contributed by atoms with Crippen molar-refractivity contribution in [3.05, 3.63) is 58.4 Å². The zero-order valence-corrected chi connectivity index (χ0v) is 16.4. The Balaban J connectivity index is 1.60. The number of halogens is 1. The van der Waals surface area contributed by atoms with Crippen molar-refractivity contribution in [2.24, 2.45) is 5.92 Å². The first-order chi connectivity index (χ1) is 13.5. The predicted molar refractivity (Wildman–Crippen MR) is 106 cm³/mol. The van der Waals surface area contributed by atoms with E-state index in [1.54, 1.807) is 18.3 Å². The molecule has 4 rings (SSSR count). The van der Waals surface area contributed by atoms with E-state index in [1.165, 1.54) is 6.08 Å². The first-order valence-corrected chi connectivity index (χ1v) is 9.86. The van der Waals surface area contributed by atoms with Crippen LogP contribution in [0.3, 0.4) is 0 Å². The molecule has 1 aromatic carbocycles. The number of carbonyl (C=O) groups is 2. The number of ketones is 2. The van der Waals surface area contributed by atoms with E-state index >= 15 is 0 Å². The Bertz CT molecular complexity index is 947. The zero-order chi connectivity index (χ0) is 19.7. The number of allylic oxidation sites excluding steroid dienone is 2. The topological polar surface area (TPSA) is 69.2 Å². The fourth-order valence-corrected chi connectivity index (χ4v) is 3.93. The molecule has 0 bridgehead atoms. The van der Waals surface area contributed by atoms with Crippen molar-refractivity contribution >= 4 is 23.2 Å². The molecule has 0 saturated carbocycles. The van der Waals surface area contributed by atoms with E-state index in [1.807, 2.05) is 19.1 Å². The Morgan fingerprint density at radius 3 is 2.57 bits per heavy atom. The summed E-state index contributed by atoms with van der Waals surface area (Å²) < 4.78 is 5.38. The number of Topliss-reactive ketones (excluding diaryl/α,β-unsaturated/α-hetero) is 1. The van der Waals surface area contributed by atoms with Gasteiger partial charge in [-0.3, -0.25) is 9.59 Å². The van der Waals surface area contributed by atoms with Crippen LogP contribution in [0.25, 0.3) is 11.4 Å². The number of nitrogens with zero attached hydrogens (tertiary/aromatic N) is 2. The Morgan fingerprint density at radius 1 is 1.14 bits per heavy atom. The van der Waals surface area contributed by atoms with Gasteiger partial charge >= 0.3 is 0 Å². The lowest BCUT2D eigenvalue weighted by atomic mass is 9.89. The van der Waals surface area contributed by atoms with E-state index in [0.717, 1.165) is 37.2 Å². The lowest BCUT2D eigenvalue weighted by molar-refractivity contribution is -0.123. The van der Waals surface area contributed by atoms with Crippen LogP contribution in [0.4, 0.5) is 0 Å². The van der Waals surface area contributed by atoms with Crippen LogP contribution in [0, 0.1) is 12.8 Å². The second kappa shape index (κ2) is 7.94. The highest BCUT2D eigenvalue weighted by atomic mass is 35.5. The Morgan fingerprint density at radius 2 is 1.86 bits per heavy atom. The van der Waals surface area contributed by atoms with Crippen LogP contribution in [0.15, 0.2) is 42.1 Å². The largest absolute Gasteiger partial charge is 0.381 e. The number of aryl methyl sites for hydroxylation is 1. The molecule has 144 valence electrons. The summed E-state index contributed by atoms with van der Waals surface area (Å²) in [6.45, 7) is 3.27. The summed E-state index contributed by atoms with van der Waals surface area (Å²) >= 11 is 5.95. The smallest absolute Gasteiger partial charge is 0.175 e. The highest BCUT2D eigenvalue weighted by Crippen LogP contribution is 2.34. The van der Waals surface area contributed by atoms with E-state index < -0.39 is 5.92 Å². The maximum Gasteiger partial charge on any atom is 0.175 e. The molecule has 1 aromatic heterocycles. The maximum atomic E-state index is 13.0. The number of hydrogen-bond acceptors (Lipinski definition) is 5. The van der Waals surface area contributed by atoms with Gasteiger partial charge in [0.05, 0.1) is 5.69 Å². The van der Waals surface area contributed by atoms with Gasteiger partial charge in [0.25, 0.3) is 0 Å². The second-order valence-corrected chi connectivity index (χ2v) is 7.83. The molecule has 28 heavy (non-hydrogen) atoms. The van der Waals surface area contributed by atoms with Gasteiger partial charge < -0.3 is 4.74 Å². The van der Waals surface area contributed by atoms with Crippen molar-refractivity contribution in [1.29, 1.82) is 0 Å².